The minimum atomic E-state index is -1.05. The van der Waals surface area contributed by atoms with Crippen molar-refractivity contribution in [3.05, 3.63) is 21.7 Å². The number of carboxylic acids is 1. The summed E-state index contributed by atoms with van der Waals surface area (Å²) in [7, 11) is 0. The van der Waals surface area contributed by atoms with Gasteiger partial charge in [-0.05, 0) is 11.8 Å². The van der Waals surface area contributed by atoms with Crippen molar-refractivity contribution in [3.63, 3.8) is 0 Å². The van der Waals surface area contributed by atoms with Crippen molar-refractivity contribution < 1.29 is 14.8 Å². The third-order valence-electron chi connectivity index (χ3n) is 2.40. The molecule has 1 N–H and O–H groups in total. The minimum absolute atomic E-state index is 0.0942. The van der Waals surface area contributed by atoms with Crippen LogP contribution in [0.25, 0.3) is 4.96 Å². The number of carboxylic acid groups (broad SMARTS) is 1. The van der Waals surface area contributed by atoms with E-state index < -0.39 is 10.9 Å². The highest BCUT2D eigenvalue weighted by Crippen LogP contribution is 2.30. The fraction of sp³-hybridized carbons (Fsp3) is 0.333. The van der Waals surface area contributed by atoms with Crippen LogP contribution in [-0.2, 0) is 4.79 Å². The third kappa shape index (κ3) is 1.99. The van der Waals surface area contributed by atoms with Gasteiger partial charge >= 0.3 is 11.8 Å². The zero-order chi connectivity index (χ0) is 13.3. The fourth-order valence-corrected chi connectivity index (χ4v) is 2.35. The Labute approximate surface area is 105 Å². The van der Waals surface area contributed by atoms with Crippen LogP contribution in [0.5, 0.6) is 0 Å². The lowest BCUT2D eigenvalue weighted by Crippen LogP contribution is -2.30. The highest BCUT2D eigenvalue weighted by Gasteiger charge is 2.28. The van der Waals surface area contributed by atoms with Crippen molar-refractivity contribution in [2.45, 2.75) is 6.92 Å². The second-order valence-corrected chi connectivity index (χ2v) is 4.35. The number of hydrogen-bond acceptors (Lipinski definition) is 6. The number of carbonyl (C=O) groups is 1. The molecule has 9 heteroatoms. The molecule has 0 amide bonds. The molecule has 8 nitrogen and oxygen atoms in total. The number of hydrogen-bond donors (Lipinski definition) is 1. The summed E-state index contributed by atoms with van der Waals surface area (Å²) >= 11 is 1.26. The number of imidazole rings is 1. The van der Waals surface area contributed by atoms with Gasteiger partial charge in [0.2, 0.25) is 5.82 Å². The largest absolute Gasteiger partial charge is 0.480 e. The molecule has 0 aliphatic rings. The molecule has 0 aliphatic heterocycles. The number of rotatable bonds is 5. The van der Waals surface area contributed by atoms with E-state index in [9.17, 15) is 14.9 Å². The predicted molar refractivity (Wildman–Crippen MR) is 65.2 cm³/mol. The van der Waals surface area contributed by atoms with Gasteiger partial charge in [-0.25, -0.2) is 0 Å². The number of likely N-dealkylation sites (N-methyl/N-ethyl adjacent to an activating group) is 1. The first-order chi connectivity index (χ1) is 8.54. The Bertz CT molecular complexity index is 605. The number of thiazole rings is 1. The molecule has 2 rings (SSSR count). The van der Waals surface area contributed by atoms with Crippen molar-refractivity contribution in [3.8, 4) is 0 Å². The second-order valence-electron chi connectivity index (χ2n) is 3.48. The monoisotopic (exact) mass is 270 g/mol. The van der Waals surface area contributed by atoms with Crippen molar-refractivity contribution in [1.29, 1.82) is 0 Å². The van der Waals surface area contributed by atoms with Crippen LogP contribution < -0.4 is 4.90 Å². The lowest BCUT2D eigenvalue weighted by molar-refractivity contribution is -0.389. The van der Waals surface area contributed by atoms with Gasteiger partial charge < -0.3 is 20.1 Å². The Morgan fingerprint density at radius 2 is 2.44 bits per heavy atom. The number of aliphatic carboxylic acids is 1. The number of fused-ring (bicyclic) bond motifs is 1. The summed E-state index contributed by atoms with van der Waals surface area (Å²) < 4.78 is 1.35. The summed E-state index contributed by atoms with van der Waals surface area (Å²) in [4.78, 5) is 27.2. The van der Waals surface area contributed by atoms with Gasteiger partial charge in [-0.3, -0.25) is 4.79 Å². The van der Waals surface area contributed by atoms with Gasteiger partial charge in [0.15, 0.2) is 0 Å². The van der Waals surface area contributed by atoms with Crippen LogP contribution >= 0.6 is 11.3 Å². The normalized spacial score (nSPS) is 10.7. The van der Waals surface area contributed by atoms with Crippen LogP contribution in [0.1, 0.15) is 6.92 Å². The molecule has 0 fully saturated rings. The zero-order valence-electron chi connectivity index (χ0n) is 9.44. The lowest BCUT2D eigenvalue weighted by Gasteiger charge is -2.16. The molecule has 0 radical (unpaired) electrons. The van der Waals surface area contributed by atoms with E-state index in [-0.39, 0.29) is 18.2 Å². The summed E-state index contributed by atoms with van der Waals surface area (Å²) in [6.45, 7) is 1.74. The maximum absolute atomic E-state index is 11.1. The van der Waals surface area contributed by atoms with Gasteiger partial charge in [0, 0.05) is 11.9 Å². The standard InChI is InChI=1S/C9H10N4O4S/c1-2-11(5-6(14)15)7-8(13(16)17)12-3-4-18-9(12)10-7/h3-4H,2,5H2,1H3,(H,14,15). The summed E-state index contributed by atoms with van der Waals surface area (Å²) in [6, 6.07) is 0. The SMILES string of the molecule is CCN(CC(=O)O)c1nc2sccn2c1[N+](=O)[O-]. The maximum atomic E-state index is 11.1. The Morgan fingerprint density at radius 3 is 3.00 bits per heavy atom. The Kier molecular flexibility index (Phi) is 3.15. The van der Waals surface area contributed by atoms with Gasteiger partial charge in [0.25, 0.3) is 4.96 Å². The molecule has 0 atom stereocenters. The van der Waals surface area contributed by atoms with Crippen LogP contribution in [0, 0.1) is 10.1 Å². The molecule has 0 bridgehead atoms. The van der Waals surface area contributed by atoms with Crippen molar-refractivity contribution in [2.75, 3.05) is 18.0 Å². The number of nitro groups is 1. The third-order valence-corrected chi connectivity index (χ3v) is 3.16. The molecule has 2 aromatic rings. The summed E-state index contributed by atoms with van der Waals surface area (Å²) in [5.41, 5.74) is 0. The number of nitrogens with zero attached hydrogens (tertiary/aromatic N) is 4. The molecule has 2 heterocycles. The minimum Gasteiger partial charge on any atom is -0.480 e. The van der Waals surface area contributed by atoms with Gasteiger partial charge in [0.05, 0.1) is 0 Å². The van der Waals surface area contributed by atoms with E-state index in [2.05, 4.69) is 4.98 Å². The Hall–Kier alpha value is -2.16. The molecular formula is C9H10N4O4S. The highest BCUT2D eigenvalue weighted by atomic mass is 32.1. The predicted octanol–water partition coefficient (Wildman–Crippen LogP) is 1.21. The average Bonchev–Trinajstić information content (AvgIpc) is 2.83. The van der Waals surface area contributed by atoms with Crippen LogP contribution in [0.4, 0.5) is 11.6 Å². The fourth-order valence-electron chi connectivity index (χ4n) is 1.64. The first-order valence-electron chi connectivity index (χ1n) is 5.11. The van der Waals surface area contributed by atoms with Crippen molar-refractivity contribution in [2.24, 2.45) is 0 Å². The second kappa shape index (κ2) is 4.61. The molecular weight excluding hydrogens is 260 g/mol. The molecule has 0 aromatic carbocycles. The molecule has 18 heavy (non-hydrogen) atoms. The summed E-state index contributed by atoms with van der Waals surface area (Å²) in [5.74, 6) is -1.16. The molecule has 2 aromatic heterocycles. The average molecular weight is 270 g/mol. The van der Waals surface area contributed by atoms with E-state index in [0.717, 1.165) is 0 Å². The quantitative estimate of drug-likeness (QED) is 0.647. The van der Waals surface area contributed by atoms with E-state index in [4.69, 9.17) is 5.11 Å². The molecule has 0 spiro atoms. The van der Waals surface area contributed by atoms with Crippen LogP contribution in [0.3, 0.4) is 0 Å². The first kappa shape index (κ1) is 12.3. The number of aromatic nitrogens is 2. The molecule has 96 valence electrons. The van der Waals surface area contributed by atoms with E-state index in [1.165, 1.54) is 20.6 Å². The Balaban J connectivity index is 2.54. The summed E-state index contributed by atoms with van der Waals surface area (Å²) in [5, 5.41) is 21.6. The lowest BCUT2D eigenvalue weighted by atomic mass is 10.4. The van der Waals surface area contributed by atoms with E-state index in [1.807, 2.05) is 0 Å². The van der Waals surface area contributed by atoms with Gasteiger partial charge in [-0.1, -0.05) is 11.3 Å². The molecule has 0 aliphatic carbocycles. The van der Waals surface area contributed by atoms with Crippen LogP contribution in [0.15, 0.2) is 11.6 Å². The molecule has 0 saturated carbocycles. The van der Waals surface area contributed by atoms with Crippen molar-refractivity contribution >= 4 is 33.9 Å². The topological polar surface area (TPSA) is 101 Å². The molecule has 0 unspecified atom stereocenters. The van der Waals surface area contributed by atoms with Gasteiger partial charge in [-0.2, -0.15) is 9.38 Å². The van der Waals surface area contributed by atoms with E-state index >= 15 is 0 Å². The van der Waals surface area contributed by atoms with Gasteiger partial charge in [0.1, 0.15) is 12.7 Å². The zero-order valence-corrected chi connectivity index (χ0v) is 10.3. The maximum Gasteiger partial charge on any atom is 0.373 e. The van der Waals surface area contributed by atoms with Crippen molar-refractivity contribution in [1.82, 2.24) is 9.38 Å². The highest BCUT2D eigenvalue weighted by molar-refractivity contribution is 7.15. The summed E-state index contributed by atoms with van der Waals surface area (Å²) in [6.07, 6.45) is 1.54. The number of anilines is 1. The smallest absolute Gasteiger partial charge is 0.373 e. The Morgan fingerprint density at radius 1 is 1.72 bits per heavy atom. The first-order valence-corrected chi connectivity index (χ1v) is 5.99. The van der Waals surface area contributed by atoms with Crippen LogP contribution in [-0.4, -0.2) is 38.5 Å². The van der Waals surface area contributed by atoms with E-state index in [1.54, 1.807) is 18.5 Å². The van der Waals surface area contributed by atoms with Crippen LogP contribution in [0.2, 0.25) is 0 Å². The molecule has 0 saturated heterocycles. The van der Waals surface area contributed by atoms with Gasteiger partial charge in [-0.15, -0.1) is 0 Å². The van der Waals surface area contributed by atoms with E-state index in [0.29, 0.717) is 11.5 Å².